The van der Waals surface area contributed by atoms with Gasteiger partial charge in [0.25, 0.3) is 5.91 Å². The number of benzene rings is 1. The van der Waals surface area contributed by atoms with Gasteiger partial charge in [0.1, 0.15) is 6.04 Å². The molecule has 8 nitrogen and oxygen atoms in total. The van der Waals surface area contributed by atoms with Crippen molar-refractivity contribution >= 4 is 34.4 Å². The normalized spacial score (nSPS) is 18.4. The molecule has 1 saturated heterocycles. The summed E-state index contributed by atoms with van der Waals surface area (Å²) in [7, 11) is 1.31. The zero-order valence-corrected chi connectivity index (χ0v) is 16.8. The first-order chi connectivity index (χ1) is 14.0. The second-order valence-corrected chi connectivity index (χ2v) is 8.03. The van der Waals surface area contributed by atoms with E-state index in [0.29, 0.717) is 29.7 Å². The van der Waals surface area contributed by atoms with Crippen LogP contribution in [0.25, 0.3) is 11.3 Å². The highest BCUT2D eigenvalue weighted by molar-refractivity contribution is 7.14. The van der Waals surface area contributed by atoms with Gasteiger partial charge in [0.05, 0.1) is 12.8 Å². The summed E-state index contributed by atoms with van der Waals surface area (Å²) in [6.45, 7) is 0.508. The van der Waals surface area contributed by atoms with Crippen molar-refractivity contribution in [3.05, 3.63) is 35.2 Å². The van der Waals surface area contributed by atoms with Crippen molar-refractivity contribution in [1.82, 2.24) is 15.2 Å². The Hall–Kier alpha value is -2.94. The van der Waals surface area contributed by atoms with Gasteiger partial charge in [-0.25, -0.2) is 9.78 Å². The Labute approximate surface area is 172 Å². The largest absolute Gasteiger partial charge is 0.453 e. The highest BCUT2D eigenvalue weighted by Gasteiger charge is 2.35. The predicted octanol–water partition coefficient (Wildman–Crippen LogP) is 2.87. The Morgan fingerprint density at radius 2 is 1.93 bits per heavy atom. The average Bonchev–Trinajstić information content (AvgIpc) is 3.21. The molecule has 2 N–H and O–H groups in total. The van der Waals surface area contributed by atoms with Crippen molar-refractivity contribution in [2.24, 2.45) is 0 Å². The lowest BCUT2D eigenvalue weighted by molar-refractivity contribution is -0.119. The highest BCUT2D eigenvalue weighted by Crippen LogP contribution is 2.27. The summed E-state index contributed by atoms with van der Waals surface area (Å²) < 4.78 is 4.74. The number of amides is 3. The molecule has 1 aromatic heterocycles. The third kappa shape index (κ3) is 4.40. The van der Waals surface area contributed by atoms with Crippen LogP contribution in [0.2, 0.25) is 0 Å². The zero-order chi connectivity index (χ0) is 20.4. The Morgan fingerprint density at radius 3 is 2.62 bits per heavy atom. The summed E-state index contributed by atoms with van der Waals surface area (Å²) >= 11 is 1.32. The maximum absolute atomic E-state index is 12.6. The summed E-state index contributed by atoms with van der Waals surface area (Å²) in [5.74, 6) is -0.321. The molecule has 3 amide bonds. The van der Waals surface area contributed by atoms with Crippen molar-refractivity contribution in [1.29, 1.82) is 0 Å². The molecule has 1 unspecified atom stereocenters. The van der Waals surface area contributed by atoms with Gasteiger partial charge in [-0.1, -0.05) is 12.1 Å². The lowest BCUT2D eigenvalue weighted by Gasteiger charge is -2.21. The number of anilines is 1. The number of likely N-dealkylation sites (tertiary alicyclic amines) is 1. The maximum Gasteiger partial charge on any atom is 0.410 e. The smallest absolute Gasteiger partial charge is 0.410 e. The number of carbonyl (C=O) groups excluding carboxylic acids is 3. The van der Waals surface area contributed by atoms with E-state index >= 15 is 0 Å². The lowest BCUT2D eigenvalue weighted by atomic mass is 10.1. The number of aromatic nitrogens is 1. The van der Waals surface area contributed by atoms with E-state index in [1.807, 2.05) is 17.5 Å². The number of hydrogen-bond acceptors (Lipinski definition) is 6. The number of hydrogen-bond donors (Lipinski definition) is 2. The second-order valence-electron chi connectivity index (χ2n) is 7.17. The van der Waals surface area contributed by atoms with Crippen molar-refractivity contribution < 1.29 is 19.1 Å². The lowest BCUT2D eigenvalue weighted by Crippen LogP contribution is -2.43. The Balaban J connectivity index is 1.39. The first-order valence-corrected chi connectivity index (χ1v) is 10.5. The fraction of sp³-hybridized carbons (Fsp3) is 0.400. The number of carbonyl (C=O) groups is 3. The van der Waals surface area contributed by atoms with Crippen LogP contribution in [0.1, 0.15) is 36.0 Å². The molecule has 1 atom stereocenters. The van der Waals surface area contributed by atoms with Crippen LogP contribution in [0, 0.1) is 0 Å². The SMILES string of the molecule is COC(=O)N1CCCC1C(=O)Nc1nc(-c2ccc(C(=O)NC3CC3)cc2)cs1. The van der Waals surface area contributed by atoms with Crippen LogP contribution in [-0.4, -0.2) is 53.5 Å². The van der Waals surface area contributed by atoms with E-state index in [1.54, 1.807) is 12.1 Å². The molecule has 2 aromatic rings. The molecule has 2 fully saturated rings. The van der Waals surface area contributed by atoms with E-state index in [9.17, 15) is 14.4 Å². The number of thiazole rings is 1. The molecule has 0 bridgehead atoms. The molecular weight excluding hydrogens is 392 g/mol. The molecule has 9 heteroatoms. The molecular formula is C20H22N4O4S. The highest BCUT2D eigenvalue weighted by atomic mass is 32.1. The van der Waals surface area contributed by atoms with Gasteiger partial charge in [-0.15, -0.1) is 11.3 Å². The van der Waals surface area contributed by atoms with Gasteiger partial charge in [-0.2, -0.15) is 0 Å². The van der Waals surface area contributed by atoms with Crippen LogP contribution >= 0.6 is 11.3 Å². The molecule has 0 radical (unpaired) electrons. The van der Waals surface area contributed by atoms with Gasteiger partial charge < -0.3 is 15.4 Å². The summed E-state index contributed by atoms with van der Waals surface area (Å²) in [6.07, 6.45) is 2.97. The first kappa shape index (κ1) is 19.4. The minimum Gasteiger partial charge on any atom is -0.453 e. The fourth-order valence-corrected chi connectivity index (χ4v) is 4.04. The molecule has 2 aliphatic rings. The quantitative estimate of drug-likeness (QED) is 0.784. The van der Waals surface area contributed by atoms with Crippen molar-refractivity contribution in [3.63, 3.8) is 0 Å². The standard InChI is InChI=1S/C20H22N4O4S/c1-28-20(27)24-10-2-3-16(24)18(26)23-19-22-15(11-29-19)12-4-6-13(7-5-12)17(25)21-14-8-9-14/h4-7,11,14,16H,2-3,8-10H2,1H3,(H,21,25)(H,22,23,26). The van der Waals surface area contributed by atoms with Gasteiger partial charge in [0, 0.05) is 29.1 Å². The van der Waals surface area contributed by atoms with Gasteiger partial charge in [0.15, 0.2) is 5.13 Å². The molecule has 1 aliphatic heterocycles. The van der Waals surface area contributed by atoms with E-state index in [-0.39, 0.29) is 11.8 Å². The monoisotopic (exact) mass is 414 g/mol. The molecule has 29 heavy (non-hydrogen) atoms. The van der Waals surface area contributed by atoms with Crippen LogP contribution in [0.5, 0.6) is 0 Å². The van der Waals surface area contributed by atoms with Crippen LogP contribution < -0.4 is 10.6 Å². The van der Waals surface area contributed by atoms with Gasteiger partial charge in [-0.3, -0.25) is 14.5 Å². The van der Waals surface area contributed by atoms with Gasteiger partial charge >= 0.3 is 6.09 Å². The van der Waals surface area contributed by atoms with E-state index in [1.165, 1.54) is 23.3 Å². The minimum absolute atomic E-state index is 0.0583. The maximum atomic E-state index is 12.6. The first-order valence-electron chi connectivity index (χ1n) is 9.57. The average molecular weight is 414 g/mol. The number of methoxy groups -OCH3 is 1. The minimum atomic E-state index is -0.543. The number of ether oxygens (including phenoxy) is 1. The Morgan fingerprint density at radius 1 is 1.17 bits per heavy atom. The topological polar surface area (TPSA) is 101 Å². The summed E-state index contributed by atoms with van der Waals surface area (Å²) in [5, 5.41) is 8.08. The Kier molecular flexibility index (Phi) is 5.48. The summed E-state index contributed by atoms with van der Waals surface area (Å²) in [5.41, 5.74) is 2.20. The van der Waals surface area contributed by atoms with Crippen LogP contribution in [0.15, 0.2) is 29.6 Å². The van der Waals surface area contributed by atoms with E-state index in [2.05, 4.69) is 15.6 Å². The van der Waals surface area contributed by atoms with E-state index < -0.39 is 12.1 Å². The predicted molar refractivity (Wildman–Crippen MR) is 109 cm³/mol. The van der Waals surface area contributed by atoms with Gasteiger partial charge in [-0.05, 0) is 37.8 Å². The zero-order valence-electron chi connectivity index (χ0n) is 16.0. The molecule has 2 heterocycles. The van der Waals surface area contributed by atoms with Crippen molar-refractivity contribution in [3.8, 4) is 11.3 Å². The second kappa shape index (κ2) is 8.20. The van der Waals surface area contributed by atoms with E-state index in [4.69, 9.17) is 4.74 Å². The molecule has 0 spiro atoms. The molecule has 4 rings (SSSR count). The van der Waals surface area contributed by atoms with Crippen LogP contribution in [0.4, 0.5) is 9.93 Å². The van der Waals surface area contributed by atoms with E-state index in [0.717, 1.165) is 30.5 Å². The third-order valence-electron chi connectivity index (χ3n) is 5.05. The number of rotatable bonds is 5. The van der Waals surface area contributed by atoms with Crippen LogP contribution in [-0.2, 0) is 9.53 Å². The van der Waals surface area contributed by atoms with Crippen LogP contribution in [0.3, 0.4) is 0 Å². The van der Waals surface area contributed by atoms with Crippen molar-refractivity contribution in [2.45, 2.75) is 37.8 Å². The Bertz CT molecular complexity index is 923. The summed E-state index contributed by atoms with van der Waals surface area (Å²) in [4.78, 5) is 42.3. The summed E-state index contributed by atoms with van der Waals surface area (Å²) in [6, 6.07) is 7.02. The fourth-order valence-electron chi connectivity index (χ4n) is 3.32. The number of nitrogens with zero attached hydrogens (tertiary/aromatic N) is 2. The molecule has 1 aliphatic carbocycles. The third-order valence-corrected chi connectivity index (χ3v) is 5.81. The number of nitrogens with one attached hydrogen (secondary N) is 2. The van der Waals surface area contributed by atoms with Gasteiger partial charge in [0.2, 0.25) is 5.91 Å². The molecule has 1 saturated carbocycles. The van der Waals surface area contributed by atoms with Crippen molar-refractivity contribution in [2.75, 3.05) is 19.0 Å². The molecule has 152 valence electrons. The molecule has 1 aromatic carbocycles.